The van der Waals surface area contributed by atoms with E-state index in [1.165, 1.54) is 4.57 Å². The summed E-state index contributed by atoms with van der Waals surface area (Å²) < 4.78 is 15.8. The molecular weight excluding hydrogens is 262 g/mol. The minimum absolute atomic E-state index is 0.185. The van der Waals surface area contributed by atoms with Crippen LogP contribution in [0, 0.1) is 12.8 Å². The molecule has 2 bridgehead atoms. The molecular formula is C13H19N3O2S. The lowest BCUT2D eigenvalue weighted by Gasteiger charge is -2.31. The number of fused-ring (bicyclic) bond motifs is 2. The Hall–Kier alpha value is -1.01. The Morgan fingerprint density at radius 1 is 1.79 bits per heavy atom. The molecule has 2 saturated heterocycles. The second-order valence-corrected chi connectivity index (χ2v) is 6.48. The fourth-order valence-electron chi connectivity index (χ4n) is 2.93. The molecule has 0 saturated carbocycles. The maximum absolute atomic E-state index is 12.1. The molecule has 19 heavy (non-hydrogen) atoms. The van der Waals surface area contributed by atoms with E-state index in [0.29, 0.717) is 0 Å². The highest BCUT2D eigenvalue weighted by molar-refractivity contribution is 8.00. The highest BCUT2D eigenvalue weighted by atomic mass is 32.2. The topological polar surface area (TPSA) is 70.1 Å². The maximum Gasteiger partial charge on any atom is 0.351 e. The van der Waals surface area contributed by atoms with Crippen LogP contribution in [0.1, 0.15) is 33.4 Å². The van der Waals surface area contributed by atoms with Crippen LogP contribution in [0.25, 0.3) is 0 Å². The van der Waals surface area contributed by atoms with Crippen molar-refractivity contribution in [3.05, 3.63) is 22.2 Å². The second kappa shape index (κ2) is 4.24. The molecule has 0 unspecified atom stereocenters. The van der Waals surface area contributed by atoms with Gasteiger partial charge in [-0.25, -0.2) is 4.79 Å². The molecule has 6 heteroatoms. The van der Waals surface area contributed by atoms with Crippen LogP contribution in [0.5, 0.6) is 0 Å². The highest BCUT2D eigenvalue weighted by Crippen LogP contribution is 2.56. The Bertz CT molecular complexity index is 606. The van der Waals surface area contributed by atoms with Crippen LogP contribution >= 0.6 is 11.8 Å². The number of nitrogens with zero attached hydrogens (tertiary/aromatic N) is 2. The van der Waals surface area contributed by atoms with Crippen molar-refractivity contribution in [2.45, 2.75) is 44.2 Å². The number of hydrogen-bond acceptors (Lipinski definition) is 5. The first-order chi connectivity index (χ1) is 9.36. The Morgan fingerprint density at radius 3 is 3.16 bits per heavy atom. The zero-order valence-electron chi connectivity index (χ0n) is 12.3. The predicted octanol–water partition coefficient (Wildman–Crippen LogP) is 1.56. The molecule has 1 aromatic rings. The number of hydrogen-bond donors (Lipinski definition) is 1. The summed E-state index contributed by atoms with van der Waals surface area (Å²) in [5.41, 5.74) is 5.58. The first-order valence-electron chi connectivity index (χ1n) is 7.01. The number of aromatic nitrogens is 2. The number of ether oxygens (including phenoxy) is 1. The summed E-state index contributed by atoms with van der Waals surface area (Å²) in [4.78, 5) is 15.9. The lowest BCUT2D eigenvalue weighted by molar-refractivity contribution is -0.0744. The van der Waals surface area contributed by atoms with E-state index in [-0.39, 0.29) is 35.3 Å². The molecule has 2 fully saturated rings. The van der Waals surface area contributed by atoms with E-state index in [1.807, 2.05) is 13.8 Å². The summed E-state index contributed by atoms with van der Waals surface area (Å²) in [5, 5.41) is 0.185. The van der Waals surface area contributed by atoms with Crippen molar-refractivity contribution >= 4 is 17.6 Å². The van der Waals surface area contributed by atoms with Crippen LogP contribution in [-0.2, 0) is 4.74 Å². The van der Waals surface area contributed by atoms with Crippen molar-refractivity contribution in [1.82, 2.24) is 9.55 Å². The normalized spacial score (nSPS) is 39.3. The van der Waals surface area contributed by atoms with Gasteiger partial charge < -0.3 is 10.5 Å². The molecule has 2 aliphatic heterocycles. The molecule has 3 rings (SSSR count). The standard InChI is InChI=1S/C13H19N3O2S/c1-4-13-6-19-9(8(13)3)11(18-13)16-5-7(2)10(14)15-12(16)17/h5,8-9,11H,4,6H2,1-3H3,(H2,14,15,17)/t8-,9+,11+,13-/m0/s1/i4D/t4-,8+,9-,11-,13+/m1. The number of thioether (sulfide) groups is 1. The average Bonchev–Trinajstić information content (AvgIpc) is 2.86. The van der Waals surface area contributed by atoms with Crippen molar-refractivity contribution < 1.29 is 6.11 Å². The van der Waals surface area contributed by atoms with Crippen molar-refractivity contribution in [2.24, 2.45) is 5.92 Å². The number of nitrogens with two attached hydrogens (primary N) is 1. The minimum atomic E-state index is -0.464. The lowest BCUT2D eigenvalue weighted by atomic mass is 9.88. The molecule has 0 radical (unpaired) electrons. The number of anilines is 1. The average molecular weight is 282 g/mol. The Kier molecular flexibility index (Phi) is 2.63. The predicted molar refractivity (Wildman–Crippen MR) is 76.2 cm³/mol. The first-order valence-corrected chi connectivity index (χ1v) is 7.48. The SMILES string of the molecule is [2H][C@H](C)[C@@]12CS[C@@H]([C@H](n3cc(C)c(N)nc3=O)O1)[C@@H]2C. The Morgan fingerprint density at radius 2 is 2.53 bits per heavy atom. The van der Waals surface area contributed by atoms with Gasteiger partial charge in [0.25, 0.3) is 0 Å². The molecule has 3 heterocycles. The quantitative estimate of drug-likeness (QED) is 0.891. The monoisotopic (exact) mass is 282 g/mol. The van der Waals surface area contributed by atoms with Gasteiger partial charge in [0.1, 0.15) is 5.82 Å². The molecule has 0 aromatic carbocycles. The van der Waals surface area contributed by atoms with E-state index < -0.39 is 5.60 Å². The third-order valence-electron chi connectivity index (χ3n) is 4.32. The molecule has 2 aliphatic rings. The van der Waals surface area contributed by atoms with Crippen LogP contribution in [0.3, 0.4) is 0 Å². The van der Waals surface area contributed by atoms with E-state index in [4.69, 9.17) is 11.8 Å². The van der Waals surface area contributed by atoms with Gasteiger partial charge >= 0.3 is 5.69 Å². The Labute approximate surface area is 117 Å². The summed E-state index contributed by atoms with van der Waals surface area (Å²) in [5.74, 6) is 1.32. The van der Waals surface area contributed by atoms with Gasteiger partial charge in [-0.05, 0) is 13.3 Å². The molecule has 0 spiro atoms. The van der Waals surface area contributed by atoms with Gasteiger partial charge in [0.15, 0.2) is 6.23 Å². The summed E-state index contributed by atoms with van der Waals surface area (Å²) in [6, 6.07) is 0. The van der Waals surface area contributed by atoms with Crippen LogP contribution in [-0.4, -0.2) is 26.2 Å². The van der Waals surface area contributed by atoms with Gasteiger partial charge in [0.2, 0.25) is 0 Å². The molecule has 104 valence electrons. The number of rotatable bonds is 2. The third-order valence-corrected chi connectivity index (χ3v) is 5.97. The zero-order chi connectivity index (χ0) is 14.7. The van der Waals surface area contributed by atoms with E-state index in [0.717, 1.165) is 11.3 Å². The van der Waals surface area contributed by atoms with E-state index in [1.54, 1.807) is 18.0 Å². The largest absolute Gasteiger partial charge is 0.383 e. The van der Waals surface area contributed by atoms with Crippen LogP contribution in [0.4, 0.5) is 5.82 Å². The van der Waals surface area contributed by atoms with Gasteiger partial charge in [0, 0.05) is 24.8 Å². The molecule has 1 aromatic heterocycles. The molecule has 0 amide bonds. The molecule has 0 aliphatic carbocycles. The minimum Gasteiger partial charge on any atom is -0.383 e. The molecule has 2 N–H and O–H groups in total. The van der Waals surface area contributed by atoms with Crippen LogP contribution in [0.15, 0.2) is 11.0 Å². The lowest BCUT2D eigenvalue weighted by Crippen LogP contribution is -2.37. The summed E-state index contributed by atoms with van der Waals surface area (Å²) >= 11 is 1.79. The van der Waals surface area contributed by atoms with Crippen molar-refractivity contribution in [3.63, 3.8) is 0 Å². The zero-order valence-corrected chi connectivity index (χ0v) is 12.1. The summed E-state index contributed by atoms with van der Waals surface area (Å²) in [6.45, 7) is 5.79. The first kappa shape index (κ1) is 11.8. The second-order valence-electron chi connectivity index (χ2n) is 5.32. The number of aryl methyl sites for hydroxylation is 1. The van der Waals surface area contributed by atoms with E-state index in [9.17, 15) is 4.79 Å². The van der Waals surface area contributed by atoms with Crippen molar-refractivity contribution in [1.29, 1.82) is 0 Å². The van der Waals surface area contributed by atoms with Gasteiger partial charge in [-0.3, -0.25) is 4.57 Å². The molecule has 5 nitrogen and oxygen atoms in total. The molecule has 5 atom stereocenters. The maximum atomic E-state index is 12.1. The number of nitrogen functional groups attached to an aromatic ring is 1. The van der Waals surface area contributed by atoms with Crippen molar-refractivity contribution in [3.8, 4) is 0 Å². The fourth-order valence-corrected chi connectivity index (χ4v) is 4.75. The smallest absolute Gasteiger partial charge is 0.351 e. The van der Waals surface area contributed by atoms with Crippen molar-refractivity contribution in [2.75, 3.05) is 11.5 Å². The van der Waals surface area contributed by atoms with E-state index in [2.05, 4.69) is 11.9 Å². The van der Waals surface area contributed by atoms with Crippen LogP contribution < -0.4 is 11.4 Å². The third kappa shape index (κ3) is 1.73. The van der Waals surface area contributed by atoms with Gasteiger partial charge in [0.05, 0.1) is 10.9 Å². The highest BCUT2D eigenvalue weighted by Gasteiger charge is 2.58. The Balaban J connectivity index is 2.02. The summed E-state index contributed by atoms with van der Waals surface area (Å²) in [7, 11) is 0. The fraction of sp³-hybridized carbons (Fsp3) is 0.692. The van der Waals surface area contributed by atoms with Gasteiger partial charge in [-0.1, -0.05) is 13.8 Å². The van der Waals surface area contributed by atoms with Gasteiger partial charge in [-0.15, -0.1) is 0 Å². The summed E-state index contributed by atoms with van der Waals surface area (Å²) in [6.07, 6.45) is 1.04. The van der Waals surface area contributed by atoms with E-state index >= 15 is 0 Å². The van der Waals surface area contributed by atoms with Crippen LogP contribution in [0.2, 0.25) is 0 Å². The van der Waals surface area contributed by atoms with Gasteiger partial charge in [-0.2, -0.15) is 16.7 Å².